The SMILES string of the molecule is O=C(O)N1CCC(N2Cc3c(nn(-c4ccccc4Cl)c3-c3ccc(Cl)cc3)C2=O)CC1. The van der Waals surface area contributed by atoms with Crippen molar-refractivity contribution in [2.24, 2.45) is 0 Å². The van der Waals surface area contributed by atoms with Gasteiger partial charge < -0.3 is 14.9 Å². The number of hydrogen-bond acceptors (Lipinski definition) is 3. The molecule has 1 saturated heterocycles. The number of carboxylic acid groups (broad SMARTS) is 1. The molecule has 0 unspecified atom stereocenters. The average molecular weight is 471 g/mol. The van der Waals surface area contributed by atoms with Gasteiger partial charge in [-0.15, -0.1) is 0 Å². The Morgan fingerprint density at radius 2 is 1.72 bits per heavy atom. The zero-order chi connectivity index (χ0) is 22.4. The smallest absolute Gasteiger partial charge is 0.407 e. The third kappa shape index (κ3) is 3.51. The van der Waals surface area contributed by atoms with Crippen LogP contribution in [0.1, 0.15) is 28.9 Å². The molecule has 2 aliphatic rings. The third-order valence-corrected chi connectivity index (χ3v) is 6.72. The van der Waals surface area contributed by atoms with Crippen LogP contribution in [0.5, 0.6) is 0 Å². The molecule has 0 radical (unpaired) electrons. The van der Waals surface area contributed by atoms with Crippen LogP contribution in [0, 0.1) is 0 Å². The minimum absolute atomic E-state index is 0.0147. The van der Waals surface area contributed by atoms with Gasteiger partial charge in [0.1, 0.15) is 0 Å². The largest absolute Gasteiger partial charge is 0.465 e. The molecule has 32 heavy (non-hydrogen) atoms. The van der Waals surface area contributed by atoms with Crippen molar-refractivity contribution in [2.75, 3.05) is 13.1 Å². The molecule has 3 aromatic rings. The van der Waals surface area contributed by atoms with Gasteiger partial charge >= 0.3 is 6.09 Å². The van der Waals surface area contributed by atoms with E-state index in [4.69, 9.17) is 28.3 Å². The number of para-hydroxylation sites is 1. The van der Waals surface area contributed by atoms with Gasteiger partial charge in [0.05, 0.1) is 22.9 Å². The number of carbonyl (C=O) groups excluding carboxylic acids is 1. The first-order valence-electron chi connectivity index (χ1n) is 10.4. The highest BCUT2D eigenvalue weighted by atomic mass is 35.5. The Kier molecular flexibility index (Phi) is 5.31. The molecule has 1 fully saturated rings. The van der Waals surface area contributed by atoms with Gasteiger partial charge in [-0.25, -0.2) is 9.48 Å². The van der Waals surface area contributed by atoms with Gasteiger partial charge in [0.25, 0.3) is 5.91 Å². The van der Waals surface area contributed by atoms with Gasteiger partial charge in [-0.05, 0) is 37.1 Å². The Morgan fingerprint density at radius 1 is 1.03 bits per heavy atom. The second kappa shape index (κ2) is 8.15. The Hall–Kier alpha value is -3.03. The fourth-order valence-electron chi connectivity index (χ4n) is 4.52. The van der Waals surface area contributed by atoms with Crippen molar-refractivity contribution in [1.29, 1.82) is 0 Å². The van der Waals surface area contributed by atoms with E-state index in [1.165, 1.54) is 4.90 Å². The van der Waals surface area contributed by atoms with Crippen LogP contribution in [-0.2, 0) is 6.54 Å². The molecule has 2 aliphatic heterocycles. The maximum atomic E-state index is 13.3. The van der Waals surface area contributed by atoms with E-state index in [0.717, 1.165) is 16.8 Å². The molecule has 0 saturated carbocycles. The summed E-state index contributed by atoms with van der Waals surface area (Å²) in [5, 5.41) is 15.1. The van der Waals surface area contributed by atoms with Gasteiger partial charge in [-0.2, -0.15) is 5.10 Å². The molecular formula is C23H20Cl2N4O3. The predicted octanol–water partition coefficient (Wildman–Crippen LogP) is 4.94. The molecule has 0 bridgehead atoms. The normalized spacial score (nSPS) is 16.5. The molecule has 7 nitrogen and oxygen atoms in total. The fourth-order valence-corrected chi connectivity index (χ4v) is 4.86. The highest BCUT2D eigenvalue weighted by molar-refractivity contribution is 6.32. The van der Waals surface area contributed by atoms with E-state index in [9.17, 15) is 14.7 Å². The van der Waals surface area contributed by atoms with Crippen LogP contribution < -0.4 is 0 Å². The third-order valence-electron chi connectivity index (χ3n) is 6.15. The summed E-state index contributed by atoms with van der Waals surface area (Å²) in [6.45, 7) is 1.27. The van der Waals surface area contributed by atoms with Crippen LogP contribution in [0.4, 0.5) is 4.79 Å². The van der Waals surface area contributed by atoms with E-state index in [1.807, 2.05) is 47.4 Å². The number of carbonyl (C=O) groups is 2. The van der Waals surface area contributed by atoms with E-state index < -0.39 is 6.09 Å². The molecule has 1 N–H and O–H groups in total. The topological polar surface area (TPSA) is 78.7 Å². The number of piperidine rings is 1. The summed E-state index contributed by atoms with van der Waals surface area (Å²) in [6.07, 6.45) is 0.312. The standard InChI is InChI=1S/C23H20Cl2N4O3/c24-15-7-5-14(6-8-15)21-17-13-28(16-9-11-27(12-10-16)23(31)32)22(30)20(17)26-29(21)19-4-2-1-3-18(19)25/h1-8,16H,9-13H2,(H,31,32). The van der Waals surface area contributed by atoms with Crippen LogP contribution in [-0.4, -0.2) is 55.8 Å². The number of amides is 2. The van der Waals surface area contributed by atoms with E-state index in [1.54, 1.807) is 10.7 Å². The zero-order valence-corrected chi connectivity index (χ0v) is 18.6. The van der Waals surface area contributed by atoms with Gasteiger partial charge in [0.2, 0.25) is 0 Å². The minimum Gasteiger partial charge on any atom is -0.465 e. The Labute approximate surface area is 194 Å². The second-order valence-electron chi connectivity index (χ2n) is 7.98. The van der Waals surface area contributed by atoms with Crippen molar-refractivity contribution in [2.45, 2.75) is 25.4 Å². The van der Waals surface area contributed by atoms with Crippen molar-refractivity contribution < 1.29 is 14.7 Å². The minimum atomic E-state index is -0.916. The Morgan fingerprint density at radius 3 is 2.38 bits per heavy atom. The number of halogens is 2. The Balaban J connectivity index is 1.54. The van der Waals surface area contributed by atoms with Gasteiger partial charge in [-0.1, -0.05) is 47.5 Å². The van der Waals surface area contributed by atoms with Crippen molar-refractivity contribution in [3.63, 3.8) is 0 Å². The summed E-state index contributed by atoms with van der Waals surface area (Å²) in [4.78, 5) is 27.8. The van der Waals surface area contributed by atoms with Crippen molar-refractivity contribution >= 4 is 35.2 Å². The molecule has 3 heterocycles. The molecule has 2 aromatic carbocycles. The van der Waals surface area contributed by atoms with Crippen LogP contribution in [0.2, 0.25) is 10.0 Å². The number of aromatic nitrogens is 2. The van der Waals surface area contributed by atoms with Crippen molar-refractivity contribution in [1.82, 2.24) is 19.6 Å². The lowest BCUT2D eigenvalue weighted by atomic mass is 10.0. The summed E-state index contributed by atoms with van der Waals surface area (Å²) in [5.74, 6) is -0.130. The molecular weight excluding hydrogens is 451 g/mol. The maximum absolute atomic E-state index is 13.3. The number of benzene rings is 2. The molecule has 164 valence electrons. The van der Waals surface area contributed by atoms with Crippen LogP contribution in [0.3, 0.4) is 0 Å². The van der Waals surface area contributed by atoms with Crippen LogP contribution in [0.25, 0.3) is 16.9 Å². The van der Waals surface area contributed by atoms with Gasteiger partial charge in [0.15, 0.2) is 5.69 Å². The van der Waals surface area contributed by atoms with Crippen LogP contribution in [0.15, 0.2) is 48.5 Å². The Bertz CT molecular complexity index is 1200. The number of hydrogen-bond donors (Lipinski definition) is 1. The first-order chi connectivity index (χ1) is 15.4. The fraction of sp³-hybridized carbons (Fsp3) is 0.261. The molecule has 1 aromatic heterocycles. The van der Waals surface area contributed by atoms with E-state index in [0.29, 0.717) is 53.9 Å². The maximum Gasteiger partial charge on any atom is 0.407 e. The van der Waals surface area contributed by atoms with E-state index >= 15 is 0 Å². The average Bonchev–Trinajstić information content (AvgIpc) is 3.31. The van der Waals surface area contributed by atoms with E-state index in [-0.39, 0.29) is 11.9 Å². The molecule has 0 atom stereocenters. The lowest BCUT2D eigenvalue weighted by molar-refractivity contribution is 0.0591. The zero-order valence-electron chi connectivity index (χ0n) is 17.0. The molecule has 2 amide bonds. The molecule has 9 heteroatoms. The summed E-state index contributed by atoms with van der Waals surface area (Å²) in [7, 11) is 0. The number of nitrogens with zero attached hydrogens (tertiary/aromatic N) is 4. The summed E-state index contributed by atoms with van der Waals surface area (Å²) in [5.41, 5.74) is 3.65. The first kappa shape index (κ1) is 20.8. The second-order valence-corrected chi connectivity index (χ2v) is 8.82. The van der Waals surface area contributed by atoms with Crippen molar-refractivity contribution in [3.05, 3.63) is 69.8 Å². The lowest BCUT2D eigenvalue weighted by Gasteiger charge is -2.35. The van der Waals surface area contributed by atoms with Crippen molar-refractivity contribution in [3.8, 4) is 16.9 Å². The summed E-state index contributed by atoms with van der Waals surface area (Å²) in [6, 6.07) is 14.8. The summed E-state index contributed by atoms with van der Waals surface area (Å²) < 4.78 is 1.73. The first-order valence-corrected chi connectivity index (χ1v) is 11.1. The van der Waals surface area contributed by atoms with Gasteiger partial charge in [-0.3, -0.25) is 4.79 Å². The summed E-state index contributed by atoms with van der Waals surface area (Å²) >= 11 is 12.6. The number of likely N-dealkylation sites (tertiary alicyclic amines) is 1. The monoisotopic (exact) mass is 470 g/mol. The molecule has 5 rings (SSSR count). The quantitative estimate of drug-likeness (QED) is 0.587. The molecule has 0 spiro atoms. The number of rotatable bonds is 3. The lowest BCUT2D eigenvalue weighted by Crippen LogP contribution is -2.46. The number of fused-ring (bicyclic) bond motifs is 1. The highest BCUT2D eigenvalue weighted by Crippen LogP contribution is 2.38. The van der Waals surface area contributed by atoms with E-state index in [2.05, 4.69) is 0 Å². The van der Waals surface area contributed by atoms with Gasteiger partial charge in [0, 0.05) is 35.3 Å². The predicted molar refractivity (Wildman–Crippen MR) is 122 cm³/mol. The highest BCUT2D eigenvalue weighted by Gasteiger charge is 2.40. The van der Waals surface area contributed by atoms with Crippen LogP contribution >= 0.6 is 23.2 Å². The molecule has 0 aliphatic carbocycles.